The van der Waals surface area contributed by atoms with Crippen LogP contribution in [0.2, 0.25) is 0 Å². The number of likely N-dealkylation sites (tertiary alicyclic amines) is 1. The Morgan fingerprint density at radius 2 is 1.15 bits per heavy atom. The molecule has 93 heavy (non-hydrogen) atoms. The fourth-order valence-electron chi connectivity index (χ4n) is 10.5. The second kappa shape index (κ2) is 37.0. The minimum Gasteiger partial charge on any atom is -0.481 e. The van der Waals surface area contributed by atoms with Gasteiger partial charge in [-0.15, -0.1) is 0 Å². The summed E-state index contributed by atoms with van der Waals surface area (Å²) in [6.07, 6.45) is 1.62. The lowest BCUT2D eigenvalue weighted by atomic mass is 9.98. The van der Waals surface area contributed by atoms with Crippen molar-refractivity contribution in [3.8, 4) is 0 Å². The predicted molar refractivity (Wildman–Crippen MR) is 337 cm³/mol. The number of imidazole rings is 1. The first kappa shape index (κ1) is 75.8. The number of carboxylic acid groups (broad SMARTS) is 2. The van der Waals surface area contributed by atoms with Gasteiger partial charge in [-0.1, -0.05) is 59.7 Å². The van der Waals surface area contributed by atoms with Crippen molar-refractivity contribution in [3.05, 3.63) is 54.2 Å². The van der Waals surface area contributed by atoms with E-state index in [0.717, 1.165) is 0 Å². The van der Waals surface area contributed by atoms with E-state index in [4.69, 9.17) is 28.7 Å². The number of nitrogens with one attached hydrogen (secondary N) is 10. The number of benzene rings is 1. The molecule has 0 aliphatic carbocycles. The standard InChI is InChI=1S/C60H92N18O15/c1-30(2)23-36(61)50(83)76-44(26-34-28-66-29-69-34)58(91)78-22-10-14-45(78)56(89)72-40(17-20-48(81)82)53(86)75-43(25-33-27-68-37-12-8-7-11-35(33)37)54(87)71-38(15-18-46(62)79)51(84)70-39(16-19-47(63)80)52(85)74-42(24-31(3)4)55(88)77-49(32(5)6)57(90)73-41(59(92)93)13-9-21-67-60(64)65/h7-8,11-12,27-32,36,38-45,49,68H,9-10,13-26,61H2,1-6H3,(H2,62,79)(H2,63,80)(H,66,69)(H,70,84)(H,71,87)(H,72,89)(H,73,90)(H,74,85)(H,75,86)(H,76,83)(H,77,88)(H,81,82)(H,92,93)(H4,64,65,67)/t36-,38-,39-,40-,41-,42-,43-,44-,45-,49-/m0/s1. The topological polar surface area (TPSA) is 549 Å². The number of carbonyl (C=O) groups is 13. The van der Waals surface area contributed by atoms with Gasteiger partial charge in [0.25, 0.3) is 0 Å². The summed E-state index contributed by atoms with van der Waals surface area (Å²) in [5, 5.41) is 40.8. The molecule has 3 aromatic rings. The number of aliphatic imine (C=N–C) groups is 1. The largest absolute Gasteiger partial charge is 0.481 e. The van der Waals surface area contributed by atoms with Crippen LogP contribution in [0, 0.1) is 17.8 Å². The first-order valence-corrected chi connectivity index (χ1v) is 30.9. The molecule has 0 saturated carbocycles. The number of nitrogens with zero attached hydrogens (tertiary/aromatic N) is 3. The fourth-order valence-corrected chi connectivity index (χ4v) is 10.5. The Kier molecular flexibility index (Phi) is 30.1. The number of carboxylic acids is 2. The number of carbonyl (C=O) groups excluding carboxylic acids is 11. The summed E-state index contributed by atoms with van der Waals surface area (Å²) in [7, 11) is 0. The third-order valence-corrected chi connectivity index (χ3v) is 15.3. The van der Waals surface area contributed by atoms with E-state index in [0.29, 0.717) is 35.0 Å². The van der Waals surface area contributed by atoms with Crippen LogP contribution in [0.4, 0.5) is 0 Å². The molecule has 3 heterocycles. The maximum Gasteiger partial charge on any atom is 0.326 e. The van der Waals surface area contributed by atoms with Crippen LogP contribution in [0.25, 0.3) is 10.9 Å². The SMILES string of the molecule is CC(C)C[C@H](NC(=O)[C@H](CCC(N)=O)NC(=O)[C@H](CCC(N)=O)NC(=O)[C@H](Cc1c[nH]c2ccccc12)NC(=O)[C@H](CCC(=O)O)NC(=O)[C@@H]1CCCN1C(=O)[C@H](Cc1cnc[nH]1)NC(=O)[C@@H](N)CC(C)C)C(=O)N[C@H](C(=O)N[C@@H](CCCN=C(N)N)C(=O)O)C(C)C. The molecular formula is C60H92N18O15. The first-order valence-electron chi connectivity index (χ1n) is 30.9. The molecular weight excluding hydrogens is 1210 g/mol. The number of nitrogens with two attached hydrogens (primary N) is 5. The number of para-hydroxylation sites is 1. The highest BCUT2D eigenvalue weighted by Gasteiger charge is 2.41. The van der Waals surface area contributed by atoms with Crippen LogP contribution in [0.1, 0.15) is 130 Å². The molecule has 11 amide bonds. The molecule has 22 N–H and O–H groups in total. The number of aliphatic carboxylic acids is 2. The molecule has 1 aromatic carbocycles. The lowest BCUT2D eigenvalue weighted by Crippen LogP contribution is -2.61. The number of fused-ring (bicyclic) bond motifs is 1. The Morgan fingerprint density at radius 3 is 1.70 bits per heavy atom. The highest BCUT2D eigenvalue weighted by atomic mass is 16.4. The van der Waals surface area contributed by atoms with Gasteiger partial charge in [0.05, 0.1) is 12.4 Å². The Morgan fingerprint density at radius 1 is 0.613 bits per heavy atom. The average Bonchev–Trinajstić information content (AvgIpc) is 1.68. The van der Waals surface area contributed by atoms with E-state index in [1.807, 2.05) is 13.8 Å². The molecule has 1 aliphatic rings. The molecule has 2 aromatic heterocycles. The van der Waals surface area contributed by atoms with E-state index in [9.17, 15) is 72.5 Å². The lowest BCUT2D eigenvalue weighted by Gasteiger charge is -2.30. The van der Waals surface area contributed by atoms with Gasteiger partial charge in [-0.25, -0.2) is 9.78 Å². The zero-order chi connectivity index (χ0) is 69.2. The third kappa shape index (κ3) is 25.1. The fraction of sp³-hybridized carbons (Fsp3) is 0.583. The first-order chi connectivity index (χ1) is 43.8. The zero-order valence-corrected chi connectivity index (χ0v) is 53.3. The molecule has 1 saturated heterocycles. The lowest BCUT2D eigenvalue weighted by molar-refractivity contribution is -0.143. The van der Waals surface area contributed by atoms with Gasteiger partial charge in [0.2, 0.25) is 65.0 Å². The van der Waals surface area contributed by atoms with Gasteiger partial charge in [0.15, 0.2) is 5.96 Å². The number of primary amides is 2. The smallest absolute Gasteiger partial charge is 0.326 e. The van der Waals surface area contributed by atoms with E-state index in [1.165, 1.54) is 17.4 Å². The molecule has 33 heteroatoms. The normalized spacial score (nSPS) is 15.8. The summed E-state index contributed by atoms with van der Waals surface area (Å²) in [6, 6.07) is -7.37. The van der Waals surface area contributed by atoms with E-state index in [1.54, 1.807) is 58.2 Å². The van der Waals surface area contributed by atoms with Gasteiger partial charge < -0.3 is 96.3 Å². The van der Waals surface area contributed by atoms with Crippen LogP contribution in [0.15, 0.2) is 48.0 Å². The molecule has 0 radical (unpaired) electrons. The summed E-state index contributed by atoms with van der Waals surface area (Å²) >= 11 is 0. The summed E-state index contributed by atoms with van der Waals surface area (Å²) in [6.45, 7) is 10.5. The number of amides is 11. The Labute approximate surface area is 537 Å². The number of hydrogen-bond donors (Lipinski definition) is 17. The van der Waals surface area contributed by atoms with Gasteiger partial charge in [-0.05, 0) is 87.2 Å². The van der Waals surface area contributed by atoms with E-state index < -0.39 is 182 Å². The van der Waals surface area contributed by atoms with Crippen LogP contribution >= 0.6 is 0 Å². The monoisotopic (exact) mass is 1300 g/mol. The summed E-state index contributed by atoms with van der Waals surface area (Å²) in [4.78, 5) is 192. The summed E-state index contributed by atoms with van der Waals surface area (Å²) < 4.78 is 0. The van der Waals surface area contributed by atoms with Gasteiger partial charge in [0.1, 0.15) is 54.4 Å². The van der Waals surface area contributed by atoms with Crippen molar-refractivity contribution in [2.24, 2.45) is 51.4 Å². The minimum atomic E-state index is -1.74. The number of rotatable bonds is 40. The molecule has 10 atom stereocenters. The van der Waals surface area contributed by atoms with Crippen LogP contribution in [-0.2, 0) is 75.2 Å². The van der Waals surface area contributed by atoms with Crippen molar-refractivity contribution < 1.29 is 72.5 Å². The minimum absolute atomic E-state index is 0.0461. The van der Waals surface area contributed by atoms with E-state index in [2.05, 4.69) is 62.5 Å². The summed E-state index contributed by atoms with van der Waals surface area (Å²) in [5.74, 6) is -13.8. The average molecular weight is 1310 g/mol. The van der Waals surface area contributed by atoms with Crippen LogP contribution in [-0.4, -0.2) is 186 Å². The second-order valence-corrected chi connectivity index (χ2v) is 24.3. The number of hydrogen-bond acceptors (Lipinski definition) is 16. The number of aromatic amines is 2. The molecule has 0 spiro atoms. The van der Waals surface area contributed by atoms with Gasteiger partial charge in [-0.3, -0.25) is 62.5 Å². The number of aromatic nitrogens is 3. The van der Waals surface area contributed by atoms with Gasteiger partial charge >= 0.3 is 11.9 Å². The van der Waals surface area contributed by atoms with Crippen molar-refractivity contribution in [1.82, 2.24) is 62.4 Å². The van der Waals surface area contributed by atoms with Crippen molar-refractivity contribution in [2.45, 2.75) is 192 Å². The van der Waals surface area contributed by atoms with Gasteiger partial charge in [0, 0.05) is 74.2 Å². The maximum atomic E-state index is 14.8. The molecule has 1 aliphatic heterocycles. The van der Waals surface area contributed by atoms with Crippen LogP contribution < -0.4 is 71.2 Å². The van der Waals surface area contributed by atoms with E-state index >= 15 is 0 Å². The zero-order valence-electron chi connectivity index (χ0n) is 53.3. The number of guanidine groups is 1. The van der Waals surface area contributed by atoms with Crippen molar-refractivity contribution in [3.63, 3.8) is 0 Å². The van der Waals surface area contributed by atoms with Crippen molar-refractivity contribution in [2.75, 3.05) is 13.1 Å². The van der Waals surface area contributed by atoms with E-state index in [-0.39, 0.29) is 69.4 Å². The second-order valence-electron chi connectivity index (χ2n) is 24.3. The predicted octanol–water partition coefficient (Wildman–Crippen LogP) is -2.84. The highest BCUT2D eigenvalue weighted by Crippen LogP contribution is 2.23. The molecule has 33 nitrogen and oxygen atoms in total. The Balaban J connectivity index is 1.64. The molecule has 4 rings (SSSR count). The Bertz CT molecular complexity index is 3130. The maximum absolute atomic E-state index is 14.8. The van der Waals surface area contributed by atoms with Crippen molar-refractivity contribution >= 4 is 93.8 Å². The summed E-state index contributed by atoms with van der Waals surface area (Å²) in [5.41, 5.74) is 29.5. The molecule has 0 bridgehead atoms. The molecule has 512 valence electrons. The van der Waals surface area contributed by atoms with Crippen molar-refractivity contribution in [1.29, 1.82) is 0 Å². The van der Waals surface area contributed by atoms with Crippen LogP contribution in [0.5, 0.6) is 0 Å². The Hall–Kier alpha value is -9.69. The molecule has 1 fully saturated rings. The van der Waals surface area contributed by atoms with Gasteiger partial charge in [-0.2, -0.15) is 0 Å². The highest BCUT2D eigenvalue weighted by molar-refractivity contribution is 5.99. The number of H-pyrrole nitrogens is 2. The van der Waals surface area contributed by atoms with Crippen LogP contribution in [0.3, 0.4) is 0 Å². The molecule has 0 unspecified atom stereocenters. The third-order valence-electron chi connectivity index (χ3n) is 15.3. The quantitative estimate of drug-likeness (QED) is 0.0155.